The molecule has 3 rings (SSSR count). The summed E-state index contributed by atoms with van der Waals surface area (Å²) in [6.07, 6.45) is 3.65. The van der Waals surface area contributed by atoms with Crippen LogP contribution >= 0.6 is 0 Å². The molecule has 0 saturated carbocycles. The van der Waals surface area contributed by atoms with E-state index in [0.717, 1.165) is 25.4 Å². The van der Waals surface area contributed by atoms with Crippen LogP contribution in [0.25, 0.3) is 0 Å². The minimum atomic E-state index is 0.136. The second-order valence-electron chi connectivity index (χ2n) is 6.08. The molecule has 2 aromatic rings. The summed E-state index contributed by atoms with van der Waals surface area (Å²) in [7, 11) is 1.67. The van der Waals surface area contributed by atoms with Crippen LogP contribution in [0.4, 0.5) is 0 Å². The Hall–Kier alpha value is -2.40. The van der Waals surface area contributed by atoms with Crippen molar-refractivity contribution in [2.24, 2.45) is 0 Å². The number of amides is 1. The van der Waals surface area contributed by atoms with E-state index in [-0.39, 0.29) is 11.9 Å². The lowest BCUT2D eigenvalue weighted by Gasteiger charge is -2.41. The molecule has 24 heavy (non-hydrogen) atoms. The van der Waals surface area contributed by atoms with Gasteiger partial charge in [-0.2, -0.15) is 0 Å². The zero-order chi connectivity index (χ0) is 16.9. The first kappa shape index (κ1) is 16.5. The molecular weight excluding hydrogens is 302 g/mol. The third-order valence-corrected chi connectivity index (χ3v) is 4.57. The molecule has 1 aromatic heterocycles. The monoisotopic (exact) mass is 325 g/mol. The van der Waals surface area contributed by atoms with Crippen LogP contribution in [0.2, 0.25) is 0 Å². The number of aromatic nitrogens is 1. The fraction of sp³-hybridized carbons (Fsp3) is 0.368. The lowest BCUT2D eigenvalue weighted by atomic mass is 10.0. The van der Waals surface area contributed by atoms with Crippen LogP contribution in [0.3, 0.4) is 0 Å². The van der Waals surface area contributed by atoms with Gasteiger partial charge in [0.25, 0.3) is 0 Å². The molecule has 0 spiro atoms. The van der Waals surface area contributed by atoms with E-state index in [4.69, 9.17) is 4.74 Å². The number of carbonyl (C=O) groups excluding carboxylic acids is 1. The number of hydrogen-bond acceptors (Lipinski definition) is 4. The molecule has 1 atom stereocenters. The van der Waals surface area contributed by atoms with Crippen LogP contribution in [0.15, 0.2) is 48.8 Å². The molecule has 2 heterocycles. The van der Waals surface area contributed by atoms with Crippen molar-refractivity contribution >= 4 is 5.91 Å². The molecule has 126 valence electrons. The third-order valence-electron chi connectivity index (χ3n) is 4.57. The van der Waals surface area contributed by atoms with E-state index in [1.54, 1.807) is 14.0 Å². The third kappa shape index (κ3) is 3.74. The molecule has 1 aromatic carbocycles. The molecule has 1 aliphatic heterocycles. The van der Waals surface area contributed by atoms with Gasteiger partial charge in [-0.3, -0.25) is 14.7 Å². The highest BCUT2D eigenvalue weighted by Gasteiger charge is 2.29. The summed E-state index contributed by atoms with van der Waals surface area (Å²) in [6, 6.07) is 12.4. The lowest BCUT2D eigenvalue weighted by molar-refractivity contribution is -0.132. The van der Waals surface area contributed by atoms with Crippen molar-refractivity contribution in [3.63, 3.8) is 0 Å². The summed E-state index contributed by atoms with van der Waals surface area (Å²) >= 11 is 0. The first-order chi connectivity index (χ1) is 11.7. The minimum Gasteiger partial charge on any atom is -0.497 e. The van der Waals surface area contributed by atoms with Gasteiger partial charge < -0.3 is 9.64 Å². The molecule has 5 heteroatoms. The molecular formula is C19H23N3O2. The second kappa shape index (κ2) is 7.45. The molecule has 1 fully saturated rings. The van der Waals surface area contributed by atoms with Crippen molar-refractivity contribution in [1.29, 1.82) is 0 Å². The van der Waals surface area contributed by atoms with E-state index < -0.39 is 0 Å². The average molecular weight is 325 g/mol. The van der Waals surface area contributed by atoms with Crippen LogP contribution in [0, 0.1) is 0 Å². The number of pyridine rings is 1. The van der Waals surface area contributed by atoms with E-state index in [0.29, 0.717) is 6.54 Å². The Morgan fingerprint density at radius 1 is 1.17 bits per heavy atom. The van der Waals surface area contributed by atoms with Crippen molar-refractivity contribution in [3.05, 3.63) is 59.9 Å². The Labute approximate surface area is 142 Å². The molecule has 0 unspecified atom stereocenters. The largest absolute Gasteiger partial charge is 0.497 e. The first-order valence-electron chi connectivity index (χ1n) is 8.20. The molecule has 0 N–H and O–H groups in total. The molecule has 5 nitrogen and oxygen atoms in total. The summed E-state index contributed by atoms with van der Waals surface area (Å²) in [5.41, 5.74) is 2.44. The van der Waals surface area contributed by atoms with E-state index >= 15 is 0 Å². The van der Waals surface area contributed by atoms with Crippen molar-refractivity contribution in [1.82, 2.24) is 14.8 Å². The number of benzene rings is 1. The van der Waals surface area contributed by atoms with Crippen LogP contribution in [-0.4, -0.2) is 47.4 Å². The highest BCUT2D eigenvalue weighted by molar-refractivity contribution is 5.73. The summed E-state index contributed by atoms with van der Waals surface area (Å²) in [5.74, 6) is 0.982. The van der Waals surface area contributed by atoms with Crippen molar-refractivity contribution in [2.45, 2.75) is 19.5 Å². The predicted octanol–water partition coefficient (Wildman–Crippen LogP) is 2.50. The fourth-order valence-electron chi connectivity index (χ4n) is 3.16. The van der Waals surface area contributed by atoms with Gasteiger partial charge in [0.15, 0.2) is 0 Å². The van der Waals surface area contributed by atoms with Gasteiger partial charge in [-0.15, -0.1) is 0 Å². The number of rotatable bonds is 4. The Morgan fingerprint density at radius 3 is 2.50 bits per heavy atom. The summed E-state index contributed by atoms with van der Waals surface area (Å²) in [4.78, 5) is 20.3. The maximum atomic E-state index is 11.8. The van der Waals surface area contributed by atoms with Crippen molar-refractivity contribution in [3.8, 4) is 5.75 Å². The van der Waals surface area contributed by atoms with Crippen LogP contribution in [0.5, 0.6) is 5.75 Å². The highest BCUT2D eigenvalue weighted by Crippen LogP contribution is 2.28. The molecule has 0 radical (unpaired) electrons. The van der Waals surface area contributed by atoms with Crippen LogP contribution in [-0.2, 0) is 11.3 Å². The standard InChI is InChI=1S/C19H23N3O2/c1-15(23)21-11-12-22(13-16-7-9-20-10-8-16)19(14-21)17-3-5-18(24-2)6-4-17/h3-10,19H,11-14H2,1-2H3/t19-/m1/s1. The zero-order valence-electron chi connectivity index (χ0n) is 14.2. The van der Waals surface area contributed by atoms with Gasteiger partial charge in [-0.05, 0) is 35.4 Å². The van der Waals surface area contributed by atoms with Gasteiger partial charge in [0.1, 0.15) is 5.75 Å². The molecule has 0 bridgehead atoms. The maximum absolute atomic E-state index is 11.8. The number of nitrogens with zero attached hydrogens (tertiary/aromatic N) is 3. The summed E-state index contributed by atoms with van der Waals surface area (Å²) < 4.78 is 5.25. The Bertz CT molecular complexity index is 673. The Balaban J connectivity index is 1.83. The number of methoxy groups -OCH3 is 1. The lowest BCUT2D eigenvalue weighted by Crippen LogP contribution is -2.49. The van der Waals surface area contributed by atoms with E-state index in [1.165, 1.54) is 11.1 Å². The number of ether oxygens (including phenoxy) is 1. The molecule has 1 amide bonds. The normalized spacial score (nSPS) is 18.4. The summed E-state index contributed by atoms with van der Waals surface area (Å²) in [5, 5.41) is 0. The van der Waals surface area contributed by atoms with Gasteiger partial charge in [-0.25, -0.2) is 0 Å². The highest BCUT2D eigenvalue weighted by atomic mass is 16.5. The summed E-state index contributed by atoms with van der Waals surface area (Å²) in [6.45, 7) is 4.84. The van der Waals surface area contributed by atoms with Gasteiger partial charge >= 0.3 is 0 Å². The average Bonchev–Trinajstić information content (AvgIpc) is 2.63. The first-order valence-corrected chi connectivity index (χ1v) is 8.20. The molecule has 0 aliphatic carbocycles. The predicted molar refractivity (Wildman–Crippen MR) is 92.6 cm³/mol. The molecule has 1 aliphatic rings. The van der Waals surface area contributed by atoms with Gasteiger partial charge in [-0.1, -0.05) is 12.1 Å². The number of carbonyl (C=O) groups is 1. The minimum absolute atomic E-state index is 0.136. The van der Waals surface area contributed by atoms with Gasteiger partial charge in [0.05, 0.1) is 13.2 Å². The van der Waals surface area contributed by atoms with Crippen LogP contribution < -0.4 is 4.74 Å². The quantitative estimate of drug-likeness (QED) is 0.866. The van der Waals surface area contributed by atoms with E-state index in [1.807, 2.05) is 41.6 Å². The second-order valence-corrected chi connectivity index (χ2v) is 6.08. The van der Waals surface area contributed by atoms with Crippen LogP contribution in [0.1, 0.15) is 24.1 Å². The van der Waals surface area contributed by atoms with E-state index in [2.05, 4.69) is 22.0 Å². The van der Waals surface area contributed by atoms with Crippen molar-refractivity contribution < 1.29 is 9.53 Å². The van der Waals surface area contributed by atoms with Gasteiger partial charge in [0.2, 0.25) is 5.91 Å². The van der Waals surface area contributed by atoms with Gasteiger partial charge in [0, 0.05) is 45.5 Å². The Morgan fingerprint density at radius 2 is 1.88 bits per heavy atom. The Kier molecular flexibility index (Phi) is 5.11. The SMILES string of the molecule is COc1ccc([C@H]2CN(C(C)=O)CCN2Cc2ccncc2)cc1. The number of piperazine rings is 1. The topological polar surface area (TPSA) is 45.7 Å². The van der Waals surface area contributed by atoms with Crippen molar-refractivity contribution in [2.75, 3.05) is 26.7 Å². The number of hydrogen-bond donors (Lipinski definition) is 0. The molecule has 1 saturated heterocycles. The maximum Gasteiger partial charge on any atom is 0.219 e. The van der Waals surface area contributed by atoms with E-state index in [9.17, 15) is 4.79 Å². The fourth-order valence-corrected chi connectivity index (χ4v) is 3.16. The zero-order valence-corrected chi connectivity index (χ0v) is 14.2. The smallest absolute Gasteiger partial charge is 0.219 e.